The van der Waals surface area contributed by atoms with Gasteiger partial charge in [-0.1, -0.05) is 80.9 Å². The van der Waals surface area contributed by atoms with E-state index in [9.17, 15) is 24.3 Å². The van der Waals surface area contributed by atoms with Gasteiger partial charge in [-0.05, 0) is 36.4 Å². The second-order valence-corrected chi connectivity index (χ2v) is 9.96. The van der Waals surface area contributed by atoms with Crippen molar-refractivity contribution in [3.05, 3.63) is 71.8 Å². The monoisotopic (exact) mass is 539 g/mol. The van der Waals surface area contributed by atoms with E-state index in [-0.39, 0.29) is 18.8 Å². The van der Waals surface area contributed by atoms with Gasteiger partial charge in [-0.15, -0.1) is 0 Å². The molecule has 10 nitrogen and oxygen atoms in total. The number of carbonyl (C=O) groups is 4. The lowest BCUT2D eigenvalue weighted by molar-refractivity contribution is -0.142. The van der Waals surface area contributed by atoms with E-state index in [4.69, 9.17) is 11.5 Å². The molecule has 39 heavy (non-hydrogen) atoms. The van der Waals surface area contributed by atoms with Crippen LogP contribution in [0, 0.1) is 5.92 Å². The Morgan fingerprint density at radius 3 is 1.74 bits per heavy atom. The average Bonchev–Trinajstić information content (AvgIpc) is 2.91. The van der Waals surface area contributed by atoms with Crippen LogP contribution in [0.4, 0.5) is 0 Å². The van der Waals surface area contributed by atoms with Gasteiger partial charge in [-0.25, -0.2) is 4.79 Å². The first-order chi connectivity index (χ1) is 18.6. The predicted octanol–water partition coefficient (Wildman–Crippen LogP) is 1.12. The lowest BCUT2D eigenvalue weighted by Gasteiger charge is -2.27. The molecule has 0 aliphatic carbocycles. The van der Waals surface area contributed by atoms with E-state index in [1.165, 1.54) is 0 Å². The number of nitrogens with one attached hydrogen (secondary N) is 3. The second kappa shape index (κ2) is 16.3. The van der Waals surface area contributed by atoms with Crippen LogP contribution in [0.2, 0.25) is 0 Å². The van der Waals surface area contributed by atoms with Crippen molar-refractivity contribution in [1.82, 2.24) is 16.0 Å². The summed E-state index contributed by atoms with van der Waals surface area (Å²) in [4.78, 5) is 51.3. The standard InChI is InChI=1S/C29H41N5O5/c1-19(2)25(28(37)33-24(29(38)39)18-21-13-7-4-8-14-21)34-27(36)23(17-20-11-5-3-6-12-20)32-26(35)22(31)15-9-10-16-30/h3-8,11-14,19,22-25H,9-10,15-18,30-31H2,1-2H3,(H,32,35)(H,33,37)(H,34,36)(H,38,39). The van der Waals surface area contributed by atoms with Crippen LogP contribution in [0.1, 0.15) is 44.2 Å². The van der Waals surface area contributed by atoms with E-state index in [2.05, 4.69) is 16.0 Å². The first-order valence-corrected chi connectivity index (χ1v) is 13.3. The van der Waals surface area contributed by atoms with Gasteiger partial charge >= 0.3 is 5.97 Å². The fourth-order valence-corrected chi connectivity index (χ4v) is 4.08. The zero-order valence-electron chi connectivity index (χ0n) is 22.6. The minimum absolute atomic E-state index is 0.0927. The molecule has 0 spiro atoms. The van der Waals surface area contributed by atoms with E-state index >= 15 is 0 Å². The van der Waals surface area contributed by atoms with E-state index in [1.807, 2.05) is 36.4 Å². The third-order valence-electron chi connectivity index (χ3n) is 6.37. The molecule has 0 radical (unpaired) electrons. The Hall–Kier alpha value is -3.76. The zero-order valence-corrected chi connectivity index (χ0v) is 22.6. The summed E-state index contributed by atoms with van der Waals surface area (Å²) >= 11 is 0. The molecule has 0 aromatic heterocycles. The van der Waals surface area contributed by atoms with Crippen LogP contribution in [-0.2, 0) is 32.0 Å². The van der Waals surface area contributed by atoms with Gasteiger partial charge in [0.1, 0.15) is 18.1 Å². The summed E-state index contributed by atoms with van der Waals surface area (Å²) in [6.07, 6.45) is 2.13. The zero-order chi connectivity index (χ0) is 28.8. The molecule has 0 fully saturated rings. The van der Waals surface area contributed by atoms with Gasteiger partial charge in [0.05, 0.1) is 6.04 Å². The molecule has 4 unspecified atom stereocenters. The number of benzene rings is 2. The van der Waals surface area contributed by atoms with Crippen LogP contribution in [0.5, 0.6) is 0 Å². The van der Waals surface area contributed by atoms with Crippen LogP contribution in [-0.4, -0.2) is 59.5 Å². The Kier molecular flexibility index (Phi) is 13.1. The molecule has 8 N–H and O–H groups in total. The van der Waals surface area contributed by atoms with Crippen molar-refractivity contribution in [3.63, 3.8) is 0 Å². The highest BCUT2D eigenvalue weighted by atomic mass is 16.4. The van der Waals surface area contributed by atoms with Crippen LogP contribution in [0.3, 0.4) is 0 Å². The van der Waals surface area contributed by atoms with E-state index in [1.54, 1.807) is 38.1 Å². The Morgan fingerprint density at radius 1 is 0.744 bits per heavy atom. The SMILES string of the molecule is CC(C)C(NC(=O)C(Cc1ccccc1)NC(=O)C(N)CCCCN)C(=O)NC(Cc1ccccc1)C(=O)O. The van der Waals surface area contributed by atoms with Crippen molar-refractivity contribution >= 4 is 23.7 Å². The number of hydrogen-bond donors (Lipinski definition) is 6. The number of unbranched alkanes of at least 4 members (excludes halogenated alkanes) is 1. The third-order valence-corrected chi connectivity index (χ3v) is 6.37. The first kappa shape index (κ1) is 31.5. The molecule has 0 saturated carbocycles. The molecular weight excluding hydrogens is 498 g/mol. The number of aliphatic carboxylic acids is 1. The predicted molar refractivity (Wildman–Crippen MR) is 149 cm³/mol. The van der Waals surface area contributed by atoms with E-state index in [0.29, 0.717) is 19.4 Å². The Balaban J connectivity index is 2.16. The van der Waals surface area contributed by atoms with Gasteiger partial charge in [0.2, 0.25) is 17.7 Å². The summed E-state index contributed by atoms with van der Waals surface area (Å²) in [7, 11) is 0. The molecule has 0 aliphatic heterocycles. The molecule has 0 aliphatic rings. The molecule has 2 aromatic rings. The molecular formula is C29H41N5O5. The molecule has 212 valence electrons. The summed E-state index contributed by atoms with van der Waals surface area (Å²) in [5.41, 5.74) is 13.1. The van der Waals surface area contributed by atoms with E-state index < -0.39 is 47.9 Å². The van der Waals surface area contributed by atoms with Crippen LogP contribution >= 0.6 is 0 Å². The van der Waals surface area contributed by atoms with Gasteiger partial charge in [0, 0.05) is 12.8 Å². The lowest BCUT2D eigenvalue weighted by Crippen LogP contribution is -2.59. The molecule has 0 saturated heterocycles. The van der Waals surface area contributed by atoms with Gasteiger partial charge in [0.15, 0.2) is 0 Å². The van der Waals surface area contributed by atoms with Crippen LogP contribution in [0.15, 0.2) is 60.7 Å². The summed E-state index contributed by atoms with van der Waals surface area (Å²) < 4.78 is 0. The number of nitrogens with two attached hydrogens (primary N) is 2. The maximum Gasteiger partial charge on any atom is 0.326 e. The van der Waals surface area contributed by atoms with Crippen molar-refractivity contribution in [3.8, 4) is 0 Å². The third kappa shape index (κ3) is 10.9. The number of hydrogen-bond acceptors (Lipinski definition) is 6. The number of carboxylic acids is 1. The van der Waals surface area contributed by atoms with Crippen LogP contribution in [0.25, 0.3) is 0 Å². The quantitative estimate of drug-likeness (QED) is 0.173. The fraction of sp³-hybridized carbons (Fsp3) is 0.448. The number of carboxylic acid groups (broad SMARTS) is 1. The molecule has 0 bridgehead atoms. The minimum atomic E-state index is -1.18. The summed E-state index contributed by atoms with van der Waals surface area (Å²) in [6, 6.07) is 14.1. The molecule has 0 heterocycles. The minimum Gasteiger partial charge on any atom is -0.480 e. The second-order valence-electron chi connectivity index (χ2n) is 9.96. The molecule has 10 heteroatoms. The smallest absolute Gasteiger partial charge is 0.326 e. The average molecular weight is 540 g/mol. The largest absolute Gasteiger partial charge is 0.480 e. The first-order valence-electron chi connectivity index (χ1n) is 13.3. The number of carbonyl (C=O) groups excluding carboxylic acids is 3. The van der Waals surface area contributed by atoms with Gasteiger partial charge in [-0.3, -0.25) is 14.4 Å². The van der Waals surface area contributed by atoms with Crippen molar-refractivity contribution < 1.29 is 24.3 Å². The Labute approximate surface area is 229 Å². The fourth-order valence-electron chi connectivity index (χ4n) is 4.08. The number of amides is 3. The van der Waals surface area contributed by atoms with Gasteiger partial charge in [-0.2, -0.15) is 0 Å². The highest BCUT2D eigenvalue weighted by Crippen LogP contribution is 2.10. The van der Waals surface area contributed by atoms with Crippen molar-refractivity contribution in [1.29, 1.82) is 0 Å². The molecule has 3 amide bonds. The van der Waals surface area contributed by atoms with Crippen LogP contribution < -0.4 is 27.4 Å². The van der Waals surface area contributed by atoms with Crippen molar-refractivity contribution in [2.75, 3.05) is 6.54 Å². The summed E-state index contributed by atoms with van der Waals surface area (Å²) in [6.45, 7) is 3.99. The van der Waals surface area contributed by atoms with Crippen molar-refractivity contribution in [2.45, 2.75) is 70.1 Å². The van der Waals surface area contributed by atoms with Crippen molar-refractivity contribution in [2.24, 2.45) is 17.4 Å². The number of rotatable bonds is 16. The van der Waals surface area contributed by atoms with Gasteiger partial charge < -0.3 is 32.5 Å². The lowest BCUT2D eigenvalue weighted by atomic mass is 9.99. The molecule has 4 atom stereocenters. The molecule has 2 rings (SSSR count). The molecule has 2 aromatic carbocycles. The topological polar surface area (TPSA) is 177 Å². The van der Waals surface area contributed by atoms with Gasteiger partial charge in [0.25, 0.3) is 0 Å². The van der Waals surface area contributed by atoms with E-state index in [0.717, 1.165) is 17.5 Å². The maximum absolute atomic E-state index is 13.4. The highest BCUT2D eigenvalue weighted by Gasteiger charge is 2.32. The summed E-state index contributed by atoms with van der Waals surface area (Å²) in [5, 5.41) is 17.7. The normalized spacial score (nSPS) is 14.1. The summed E-state index contributed by atoms with van der Waals surface area (Å²) in [5.74, 6) is -3.19. The Bertz CT molecular complexity index is 1060. The highest BCUT2D eigenvalue weighted by molar-refractivity contribution is 5.94. The maximum atomic E-state index is 13.4. The Morgan fingerprint density at radius 2 is 1.26 bits per heavy atom.